The van der Waals surface area contributed by atoms with E-state index in [0.29, 0.717) is 0 Å². The molecule has 3 aromatic carbocycles. The van der Waals surface area contributed by atoms with Crippen LogP contribution in [0.25, 0.3) is 42.3 Å². The molecule has 2 aromatic heterocycles. The molecule has 0 saturated heterocycles. The maximum Gasteiger partial charge on any atom is 0.162 e. The second kappa shape index (κ2) is 15.7. The topological polar surface area (TPSA) is 63.1 Å². The van der Waals surface area contributed by atoms with Gasteiger partial charge in [-0.15, -0.1) is 0 Å². The molecule has 2 heterocycles. The second-order valence-corrected chi connectivity index (χ2v) is 27.8. The molecule has 6 rings (SSSR count). The molecule has 1 aliphatic carbocycles. The third kappa shape index (κ3) is 7.84. The molecule has 0 saturated carbocycles. The summed E-state index contributed by atoms with van der Waals surface area (Å²) in [6.07, 6.45) is 7.82. The quantitative estimate of drug-likeness (QED) is 0.0692. The van der Waals surface area contributed by atoms with Crippen LogP contribution in [-0.4, -0.2) is 34.1 Å². The molecule has 0 unspecified atom stereocenters. The average Bonchev–Trinajstić information content (AvgIpc) is 3.51. The zero-order valence-electron chi connectivity index (χ0n) is 31.9. The average molecular weight is 929 g/mol. The molecule has 5 aromatic rings. The van der Waals surface area contributed by atoms with Crippen molar-refractivity contribution in [3.05, 3.63) is 77.8 Å². The van der Waals surface area contributed by atoms with Gasteiger partial charge in [-0.1, -0.05) is 27.7 Å². The first-order valence-electron chi connectivity index (χ1n) is 18.2. The van der Waals surface area contributed by atoms with Crippen molar-refractivity contribution >= 4 is 65.9 Å². The molecule has 4 nitrogen and oxygen atoms in total. The summed E-state index contributed by atoms with van der Waals surface area (Å²) < 4.78 is 4.09. The van der Waals surface area contributed by atoms with Gasteiger partial charge in [0.2, 0.25) is 0 Å². The van der Waals surface area contributed by atoms with Crippen molar-refractivity contribution in [1.29, 1.82) is 0 Å². The minimum absolute atomic E-state index is 0. The Bertz CT molecular complexity index is 2030. The summed E-state index contributed by atoms with van der Waals surface area (Å²) in [7, 11) is 0. The van der Waals surface area contributed by atoms with Gasteiger partial charge in [-0.3, -0.25) is 4.79 Å². The van der Waals surface area contributed by atoms with Crippen LogP contribution in [0.5, 0.6) is 0 Å². The minimum atomic E-state index is -2.13. The third-order valence-electron chi connectivity index (χ3n) is 10.6. The summed E-state index contributed by atoms with van der Waals surface area (Å²) in [5.41, 5.74) is 6.54. The number of benzene rings is 3. The fourth-order valence-electron chi connectivity index (χ4n) is 8.11. The summed E-state index contributed by atoms with van der Waals surface area (Å²) in [5, 5.41) is 13.6. The molecule has 269 valence electrons. The van der Waals surface area contributed by atoms with Crippen molar-refractivity contribution in [3.8, 4) is 11.3 Å². The molecule has 1 aliphatic rings. The van der Waals surface area contributed by atoms with Crippen LogP contribution in [0.4, 0.5) is 0 Å². The summed E-state index contributed by atoms with van der Waals surface area (Å²) in [6, 6.07) is 19.5. The zero-order valence-corrected chi connectivity index (χ0v) is 37.2. The molecular weight excluding hydrogens is 873 g/mol. The Labute approximate surface area is 320 Å². The number of allylic oxidation sites excluding steroid dienone is 2. The van der Waals surface area contributed by atoms with Gasteiger partial charge in [-0.2, -0.15) is 0 Å². The van der Waals surface area contributed by atoms with E-state index in [2.05, 4.69) is 93.5 Å². The van der Waals surface area contributed by atoms with E-state index in [-0.39, 0.29) is 54.3 Å². The van der Waals surface area contributed by atoms with Crippen LogP contribution >= 0.6 is 11.3 Å². The van der Waals surface area contributed by atoms with Crippen molar-refractivity contribution < 1.29 is 30.0 Å². The molecule has 0 bridgehead atoms. The normalized spacial score (nSPS) is 15.3. The number of hydrogen-bond donors (Lipinski definition) is 1. The number of ketones is 1. The number of aliphatic hydroxyl groups is 1. The predicted molar refractivity (Wildman–Crippen MR) is 214 cm³/mol. The summed E-state index contributed by atoms with van der Waals surface area (Å²) in [6.45, 7) is 17.6. The van der Waals surface area contributed by atoms with E-state index in [1.165, 1.54) is 53.6 Å². The Morgan fingerprint density at radius 2 is 1.54 bits per heavy atom. The van der Waals surface area contributed by atoms with Crippen LogP contribution in [0.3, 0.4) is 0 Å². The van der Waals surface area contributed by atoms with Crippen molar-refractivity contribution in [1.82, 2.24) is 9.97 Å². The fraction of sp³-hybridized carbons (Fsp3) is 0.465. The molecule has 0 aliphatic heterocycles. The fourth-order valence-corrected chi connectivity index (χ4v) is 13.0. The Morgan fingerprint density at radius 1 is 0.900 bits per heavy atom. The number of thiophene rings is 1. The van der Waals surface area contributed by atoms with Crippen LogP contribution in [0.1, 0.15) is 98.6 Å². The first-order valence-corrected chi connectivity index (χ1v) is 26.3. The van der Waals surface area contributed by atoms with E-state index in [9.17, 15) is 9.90 Å². The van der Waals surface area contributed by atoms with Gasteiger partial charge in [0.25, 0.3) is 0 Å². The van der Waals surface area contributed by atoms with Crippen LogP contribution in [-0.2, 0) is 35.7 Å². The molecule has 0 amide bonds. The monoisotopic (exact) mass is 930 g/mol. The largest absolute Gasteiger partial charge is 0.512 e. The van der Waals surface area contributed by atoms with Crippen LogP contribution in [0.2, 0.25) is 17.3 Å². The maximum atomic E-state index is 11.7. The minimum Gasteiger partial charge on any atom is -0.512 e. The van der Waals surface area contributed by atoms with Gasteiger partial charge in [0, 0.05) is 38.0 Å². The van der Waals surface area contributed by atoms with E-state index in [1.807, 2.05) is 39.0 Å². The number of carbonyl (C=O) groups excluding carboxylic acids is 1. The Kier molecular flexibility index (Phi) is 12.7. The smallest absolute Gasteiger partial charge is 0.162 e. The standard InChI is InChI=1S/C30H31GeN2S.C13H24O2.Ir/c1-29(2)16-30(3,4)24-22(29)13-12-21-26-28(34-27(21)24)25(32-17-33-26)19-14-18-10-8-9-11-20(18)23(15-19)31(5,6)7;1-5-10(6-2)12(14)9-13(15)11(7-3)8-4;/h8-13,15,17H,16H2,1-7H3;9-11,14H,5-8H2,1-4H3;/q-1;;/b;12-9-;. The van der Waals surface area contributed by atoms with E-state index < -0.39 is 13.3 Å². The molecule has 0 spiro atoms. The number of fused-ring (bicyclic) bond motifs is 6. The third-order valence-corrected chi connectivity index (χ3v) is 16.1. The number of aromatic nitrogens is 2. The predicted octanol–water partition coefficient (Wildman–Crippen LogP) is 11.8. The van der Waals surface area contributed by atoms with Crippen LogP contribution in [0, 0.1) is 17.9 Å². The van der Waals surface area contributed by atoms with Gasteiger partial charge in [0.1, 0.15) is 0 Å². The Morgan fingerprint density at radius 3 is 2.16 bits per heavy atom. The second-order valence-electron chi connectivity index (χ2n) is 16.2. The summed E-state index contributed by atoms with van der Waals surface area (Å²) in [4.78, 5) is 21.4. The van der Waals surface area contributed by atoms with Crippen LogP contribution < -0.4 is 4.40 Å². The molecule has 7 heteroatoms. The van der Waals surface area contributed by atoms with Gasteiger partial charge in [-0.25, -0.2) is 0 Å². The van der Waals surface area contributed by atoms with E-state index in [0.717, 1.165) is 42.5 Å². The molecule has 1 radical (unpaired) electrons. The van der Waals surface area contributed by atoms with Gasteiger partial charge >= 0.3 is 209 Å². The SMILES string of the molecule is CC1(C)CC(C)(C)c2c1ccc1c2sc2c(-c3[c-]c4ccccc4[c]([Ge]([CH3])([CH3])[CH3])c3)ncnc21.CCC(CC)C(=O)/C=C(\O)C(CC)CC.[Ir]. The van der Waals surface area contributed by atoms with Crippen LogP contribution in [0.15, 0.2) is 60.6 Å². The zero-order chi connectivity index (χ0) is 35.9. The van der Waals surface area contributed by atoms with Crippen molar-refractivity contribution in [2.75, 3.05) is 0 Å². The Balaban J connectivity index is 0.000000301. The molecular formula is C43H55GeIrN2O2S-. The summed E-state index contributed by atoms with van der Waals surface area (Å²) >= 11 is -0.246. The van der Waals surface area contributed by atoms with Crippen molar-refractivity contribution in [2.45, 2.75) is 116 Å². The maximum absolute atomic E-state index is 11.7. The van der Waals surface area contributed by atoms with Gasteiger partial charge < -0.3 is 5.11 Å². The molecule has 0 fully saturated rings. The molecule has 50 heavy (non-hydrogen) atoms. The number of aliphatic hydroxyl groups excluding tert-OH is 1. The summed E-state index contributed by atoms with van der Waals surface area (Å²) in [5.74, 6) is 7.95. The van der Waals surface area contributed by atoms with Gasteiger partial charge in [0.15, 0.2) is 5.78 Å². The van der Waals surface area contributed by atoms with Gasteiger partial charge in [-0.05, 0) is 25.7 Å². The first-order chi connectivity index (χ1) is 23.1. The number of nitrogens with zero attached hydrogens (tertiary/aromatic N) is 2. The number of rotatable bonds is 9. The van der Waals surface area contributed by atoms with Crippen molar-refractivity contribution in [2.24, 2.45) is 11.8 Å². The first kappa shape index (κ1) is 40.4. The Hall–Kier alpha value is -2.38. The van der Waals surface area contributed by atoms with E-state index in [4.69, 9.17) is 9.97 Å². The number of hydrogen-bond acceptors (Lipinski definition) is 5. The van der Waals surface area contributed by atoms with Gasteiger partial charge in [0.05, 0.1) is 5.76 Å². The van der Waals surface area contributed by atoms with E-state index in [1.54, 1.807) is 6.33 Å². The molecule has 1 N–H and O–H groups in total. The molecule has 0 atom stereocenters. The van der Waals surface area contributed by atoms with Crippen molar-refractivity contribution in [3.63, 3.8) is 0 Å². The number of carbonyl (C=O) groups is 1. The van der Waals surface area contributed by atoms with E-state index >= 15 is 0 Å².